The highest BCUT2D eigenvalue weighted by atomic mass is 16.3. The van der Waals surface area contributed by atoms with Crippen molar-refractivity contribution in [3.63, 3.8) is 0 Å². The van der Waals surface area contributed by atoms with Gasteiger partial charge in [0.05, 0.1) is 0 Å². The minimum Gasteiger partial charge on any atom is -0.380 e. The SMILES string of the molecule is CC(=O)c1ccc(CCC2CCC(C(O)(c3ccccc3)c3ccccc3)CC2)cc1. The van der Waals surface area contributed by atoms with Crippen molar-refractivity contribution in [2.45, 2.75) is 51.0 Å². The fraction of sp³-hybridized carbons (Fsp3) is 0.345. The number of aliphatic hydroxyl groups is 1. The average Bonchev–Trinajstić information content (AvgIpc) is 2.84. The van der Waals surface area contributed by atoms with Crippen LogP contribution < -0.4 is 0 Å². The van der Waals surface area contributed by atoms with Crippen molar-refractivity contribution in [2.75, 3.05) is 0 Å². The molecule has 1 aliphatic carbocycles. The van der Waals surface area contributed by atoms with Crippen LogP contribution >= 0.6 is 0 Å². The largest absolute Gasteiger partial charge is 0.380 e. The lowest BCUT2D eigenvalue weighted by Gasteiger charge is -2.41. The molecule has 0 aromatic heterocycles. The zero-order valence-corrected chi connectivity index (χ0v) is 18.3. The van der Waals surface area contributed by atoms with E-state index in [9.17, 15) is 9.90 Å². The maximum Gasteiger partial charge on any atom is 0.159 e. The molecule has 2 nitrogen and oxygen atoms in total. The van der Waals surface area contributed by atoms with Crippen molar-refractivity contribution in [2.24, 2.45) is 11.8 Å². The molecule has 1 aliphatic rings. The monoisotopic (exact) mass is 412 g/mol. The molecule has 0 heterocycles. The second-order valence-corrected chi connectivity index (χ2v) is 9.01. The summed E-state index contributed by atoms with van der Waals surface area (Å²) >= 11 is 0. The molecule has 0 radical (unpaired) electrons. The second-order valence-electron chi connectivity index (χ2n) is 9.01. The van der Waals surface area contributed by atoms with Gasteiger partial charge in [0.2, 0.25) is 0 Å². The topological polar surface area (TPSA) is 37.3 Å². The zero-order valence-electron chi connectivity index (χ0n) is 18.3. The van der Waals surface area contributed by atoms with Gasteiger partial charge in [-0.2, -0.15) is 0 Å². The summed E-state index contributed by atoms with van der Waals surface area (Å²) in [6.45, 7) is 1.61. The third-order valence-corrected chi connectivity index (χ3v) is 7.07. The van der Waals surface area contributed by atoms with Crippen LogP contribution in [-0.2, 0) is 12.0 Å². The van der Waals surface area contributed by atoms with Crippen LogP contribution in [0.15, 0.2) is 84.9 Å². The van der Waals surface area contributed by atoms with Crippen molar-refractivity contribution in [1.82, 2.24) is 0 Å². The standard InChI is InChI=1S/C29H32O2/c1-22(30)25-18-14-23(15-19-25)12-13-24-16-20-28(21-17-24)29(31,26-8-4-2-5-9-26)27-10-6-3-7-11-27/h2-11,14-15,18-19,24,28,31H,12-13,16-17,20-21H2,1H3. The molecular formula is C29H32O2. The molecule has 160 valence electrons. The smallest absolute Gasteiger partial charge is 0.159 e. The van der Waals surface area contributed by atoms with E-state index in [0.717, 1.165) is 48.8 Å². The van der Waals surface area contributed by atoms with Crippen LogP contribution in [0, 0.1) is 11.8 Å². The normalized spacial score (nSPS) is 19.2. The average molecular weight is 413 g/mol. The van der Waals surface area contributed by atoms with Crippen LogP contribution in [0.1, 0.15) is 66.1 Å². The van der Waals surface area contributed by atoms with Gasteiger partial charge >= 0.3 is 0 Å². The summed E-state index contributed by atoms with van der Waals surface area (Å²) in [7, 11) is 0. The maximum absolute atomic E-state index is 12.0. The first-order chi connectivity index (χ1) is 15.1. The first kappa shape index (κ1) is 21.5. The molecule has 0 saturated heterocycles. The number of ketones is 1. The number of hydrogen-bond donors (Lipinski definition) is 1. The van der Waals surface area contributed by atoms with E-state index < -0.39 is 5.60 Å². The fourth-order valence-corrected chi connectivity index (χ4v) is 5.17. The van der Waals surface area contributed by atoms with Gasteiger partial charge in [0.25, 0.3) is 0 Å². The minimum absolute atomic E-state index is 0.120. The Balaban J connectivity index is 1.42. The molecule has 2 heteroatoms. The predicted molar refractivity (Wildman–Crippen MR) is 126 cm³/mol. The summed E-state index contributed by atoms with van der Waals surface area (Å²) in [6.07, 6.45) is 6.59. The minimum atomic E-state index is -0.935. The van der Waals surface area contributed by atoms with E-state index in [1.54, 1.807) is 6.92 Å². The van der Waals surface area contributed by atoms with Crippen LogP contribution in [0.5, 0.6) is 0 Å². The lowest BCUT2D eigenvalue weighted by molar-refractivity contribution is -0.00795. The van der Waals surface area contributed by atoms with E-state index in [1.807, 2.05) is 48.5 Å². The van der Waals surface area contributed by atoms with Gasteiger partial charge in [0, 0.05) is 5.56 Å². The summed E-state index contributed by atoms with van der Waals surface area (Å²) in [5.41, 5.74) is 3.14. The Morgan fingerprint density at radius 3 is 1.81 bits per heavy atom. The van der Waals surface area contributed by atoms with Gasteiger partial charge in [-0.25, -0.2) is 0 Å². The second kappa shape index (κ2) is 9.62. The van der Waals surface area contributed by atoms with Gasteiger partial charge in [0.15, 0.2) is 5.78 Å². The van der Waals surface area contributed by atoms with Crippen LogP contribution in [0.25, 0.3) is 0 Å². The highest BCUT2D eigenvalue weighted by Gasteiger charge is 2.41. The van der Waals surface area contributed by atoms with Crippen LogP contribution in [-0.4, -0.2) is 10.9 Å². The number of hydrogen-bond acceptors (Lipinski definition) is 2. The Morgan fingerprint density at radius 2 is 1.32 bits per heavy atom. The Kier molecular flexibility index (Phi) is 6.67. The first-order valence-corrected chi connectivity index (χ1v) is 11.5. The van der Waals surface area contributed by atoms with Gasteiger partial charge in [-0.3, -0.25) is 4.79 Å². The van der Waals surface area contributed by atoms with Gasteiger partial charge in [-0.15, -0.1) is 0 Å². The quantitative estimate of drug-likeness (QED) is 0.446. The van der Waals surface area contributed by atoms with Gasteiger partial charge in [0.1, 0.15) is 5.60 Å². The van der Waals surface area contributed by atoms with E-state index in [2.05, 4.69) is 36.4 Å². The molecule has 1 fully saturated rings. The number of aryl methyl sites for hydroxylation is 1. The molecule has 0 aliphatic heterocycles. The van der Waals surface area contributed by atoms with Gasteiger partial charge < -0.3 is 5.11 Å². The van der Waals surface area contributed by atoms with Crippen LogP contribution in [0.2, 0.25) is 0 Å². The molecule has 0 amide bonds. The maximum atomic E-state index is 12.0. The third kappa shape index (κ3) is 4.80. The summed E-state index contributed by atoms with van der Waals surface area (Å²) in [4.78, 5) is 11.5. The third-order valence-electron chi connectivity index (χ3n) is 7.07. The molecule has 1 N–H and O–H groups in total. The zero-order chi connectivity index (χ0) is 21.7. The van der Waals surface area contributed by atoms with Crippen molar-refractivity contribution < 1.29 is 9.90 Å². The van der Waals surface area contributed by atoms with Crippen molar-refractivity contribution >= 4 is 5.78 Å². The van der Waals surface area contributed by atoms with Crippen molar-refractivity contribution in [3.05, 3.63) is 107 Å². The summed E-state index contributed by atoms with van der Waals surface area (Å²) in [6, 6.07) is 28.4. The Hall–Kier alpha value is -2.71. The Morgan fingerprint density at radius 1 is 0.806 bits per heavy atom. The molecule has 0 spiro atoms. The molecule has 0 bridgehead atoms. The molecule has 0 unspecified atom stereocenters. The van der Waals surface area contributed by atoms with Crippen LogP contribution in [0.4, 0.5) is 0 Å². The molecule has 3 aromatic rings. The molecule has 0 atom stereocenters. The highest BCUT2D eigenvalue weighted by molar-refractivity contribution is 5.94. The number of carbonyl (C=O) groups is 1. The van der Waals surface area contributed by atoms with Crippen molar-refractivity contribution in [1.29, 1.82) is 0 Å². The number of benzene rings is 3. The molecule has 3 aromatic carbocycles. The van der Waals surface area contributed by atoms with E-state index in [0.29, 0.717) is 5.92 Å². The number of carbonyl (C=O) groups excluding carboxylic acids is 1. The molecule has 4 rings (SSSR count). The van der Waals surface area contributed by atoms with Gasteiger partial charge in [-0.1, -0.05) is 97.8 Å². The van der Waals surface area contributed by atoms with Crippen LogP contribution in [0.3, 0.4) is 0 Å². The molecular weight excluding hydrogens is 380 g/mol. The highest BCUT2D eigenvalue weighted by Crippen LogP contribution is 2.45. The summed E-state index contributed by atoms with van der Waals surface area (Å²) < 4.78 is 0. The van der Waals surface area contributed by atoms with E-state index in [4.69, 9.17) is 0 Å². The molecule has 31 heavy (non-hydrogen) atoms. The predicted octanol–water partition coefficient (Wildman–Crippen LogP) is 6.56. The van der Waals surface area contributed by atoms with Crippen molar-refractivity contribution in [3.8, 4) is 0 Å². The van der Waals surface area contributed by atoms with Gasteiger partial charge in [-0.05, 0) is 61.1 Å². The molecule has 1 saturated carbocycles. The lowest BCUT2D eigenvalue weighted by atomic mass is 9.67. The number of Topliss-reactive ketones (excluding diaryl/α,β-unsaturated/α-hetero) is 1. The van der Waals surface area contributed by atoms with E-state index in [-0.39, 0.29) is 11.7 Å². The Bertz CT molecular complexity index is 929. The van der Waals surface area contributed by atoms with E-state index in [1.165, 1.54) is 12.0 Å². The fourth-order valence-electron chi connectivity index (χ4n) is 5.17. The summed E-state index contributed by atoms with van der Waals surface area (Å²) in [5.74, 6) is 1.04. The van der Waals surface area contributed by atoms with E-state index >= 15 is 0 Å². The summed E-state index contributed by atoms with van der Waals surface area (Å²) in [5, 5.41) is 12.0. The Labute approximate surface area is 186 Å². The number of rotatable bonds is 7. The first-order valence-electron chi connectivity index (χ1n) is 11.5. The lowest BCUT2D eigenvalue weighted by Crippen LogP contribution is -2.38.